The second-order valence-electron chi connectivity index (χ2n) is 4.69. The van der Waals surface area contributed by atoms with E-state index in [1.54, 1.807) is 6.26 Å². The van der Waals surface area contributed by atoms with E-state index in [0.29, 0.717) is 19.8 Å². The second kappa shape index (κ2) is 7.56. The average Bonchev–Trinajstić information content (AvgIpc) is 3.11. The summed E-state index contributed by atoms with van der Waals surface area (Å²) in [6, 6.07) is 2.73. The standard InChI is InChI=1S/C14H23NO3/c1-2-6-16-8-9-17-11-14-12(5-7-18-14)10-15-13-3-4-13/h5,7,13,15H,2-4,6,8-11H2,1H3. The van der Waals surface area contributed by atoms with Gasteiger partial charge in [0.2, 0.25) is 0 Å². The van der Waals surface area contributed by atoms with Gasteiger partial charge in [0.15, 0.2) is 0 Å². The summed E-state index contributed by atoms with van der Waals surface area (Å²) in [5.74, 6) is 0.929. The molecular weight excluding hydrogens is 230 g/mol. The van der Waals surface area contributed by atoms with Gasteiger partial charge >= 0.3 is 0 Å². The third-order valence-electron chi connectivity index (χ3n) is 2.95. The van der Waals surface area contributed by atoms with Gasteiger partial charge < -0.3 is 19.2 Å². The summed E-state index contributed by atoms with van der Waals surface area (Å²) in [7, 11) is 0. The molecule has 2 rings (SSSR count). The van der Waals surface area contributed by atoms with Crippen molar-refractivity contribution in [1.29, 1.82) is 0 Å². The highest BCUT2D eigenvalue weighted by Crippen LogP contribution is 2.20. The zero-order valence-corrected chi connectivity index (χ0v) is 11.1. The first-order valence-corrected chi connectivity index (χ1v) is 6.84. The van der Waals surface area contributed by atoms with Crippen LogP contribution in [0.1, 0.15) is 37.5 Å². The Hall–Kier alpha value is -0.840. The summed E-state index contributed by atoms with van der Waals surface area (Å²) in [6.45, 7) is 5.60. The fourth-order valence-electron chi connectivity index (χ4n) is 1.72. The minimum absolute atomic E-state index is 0.532. The van der Waals surface area contributed by atoms with Gasteiger partial charge in [0.05, 0.1) is 19.5 Å². The lowest BCUT2D eigenvalue weighted by Crippen LogP contribution is -2.16. The molecule has 4 heteroatoms. The van der Waals surface area contributed by atoms with E-state index in [1.807, 2.05) is 6.07 Å². The van der Waals surface area contributed by atoms with Crippen LogP contribution >= 0.6 is 0 Å². The third kappa shape index (κ3) is 4.80. The molecule has 0 amide bonds. The molecule has 1 aromatic heterocycles. The Morgan fingerprint density at radius 2 is 2.11 bits per heavy atom. The van der Waals surface area contributed by atoms with Crippen LogP contribution in [-0.4, -0.2) is 25.9 Å². The number of furan rings is 1. The van der Waals surface area contributed by atoms with E-state index in [0.717, 1.165) is 31.4 Å². The maximum absolute atomic E-state index is 5.54. The topological polar surface area (TPSA) is 43.6 Å². The first-order valence-electron chi connectivity index (χ1n) is 6.84. The van der Waals surface area contributed by atoms with Gasteiger partial charge in [-0.05, 0) is 25.3 Å². The molecule has 1 fully saturated rings. The van der Waals surface area contributed by atoms with Crippen molar-refractivity contribution in [3.05, 3.63) is 23.7 Å². The summed E-state index contributed by atoms with van der Waals surface area (Å²) in [6.07, 6.45) is 5.39. The van der Waals surface area contributed by atoms with Crippen molar-refractivity contribution in [3.8, 4) is 0 Å². The van der Waals surface area contributed by atoms with Crippen LogP contribution in [0.3, 0.4) is 0 Å². The van der Waals surface area contributed by atoms with Crippen molar-refractivity contribution in [3.63, 3.8) is 0 Å². The molecule has 4 nitrogen and oxygen atoms in total. The highest BCUT2D eigenvalue weighted by atomic mass is 16.5. The Morgan fingerprint density at radius 1 is 1.28 bits per heavy atom. The number of nitrogens with one attached hydrogen (secondary N) is 1. The summed E-state index contributed by atoms with van der Waals surface area (Å²) in [4.78, 5) is 0. The molecule has 0 aromatic carbocycles. The van der Waals surface area contributed by atoms with Crippen molar-refractivity contribution < 1.29 is 13.9 Å². The third-order valence-corrected chi connectivity index (χ3v) is 2.95. The SMILES string of the molecule is CCCOCCOCc1occc1CNC1CC1. The summed E-state index contributed by atoms with van der Waals surface area (Å²) < 4.78 is 16.3. The predicted octanol–water partition coefficient (Wildman–Crippen LogP) is 2.47. The van der Waals surface area contributed by atoms with E-state index in [2.05, 4.69) is 12.2 Å². The maximum Gasteiger partial charge on any atom is 0.133 e. The molecular formula is C14H23NO3. The molecule has 0 radical (unpaired) electrons. The molecule has 0 bridgehead atoms. The molecule has 102 valence electrons. The quantitative estimate of drug-likeness (QED) is 0.651. The van der Waals surface area contributed by atoms with Crippen LogP contribution in [0.25, 0.3) is 0 Å². The van der Waals surface area contributed by atoms with Gasteiger partial charge in [-0.15, -0.1) is 0 Å². The number of ether oxygens (including phenoxy) is 2. The molecule has 1 aliphatic carbocycles. The van der Waals surface area contributed by atoms with E-state index in [-0.39, 0.29) is 0 Å². The van der Waals surface area contributed by atoms with Gasteiger partial charge in [-0.1, -0.05) is 6.92 Å². The Morgan fingerprint density at radius 3 is 2.89 bits per heavy atom. The van der Waals surface area contributed by atoms with Crippen LogP contribution in [0.15, 0.2) is 16.7 Å². The lowest BCUT2D eigenvalue weighted by molar-refractivity contribution is 0.0346. The number of hydrogen-bond donors (Lipinski definition) is 1. The van der Waals surface area contributed by atoms with Crippen LogP contribution in [0.4, 0.5) is 0 Å². The van der Waals surface area contributed by atoms with Gasteiger partial charge in [0, 0.05) is 24.8 Å². The molecule has 0 atom stereocenters. The maximum atomic E-state index is 5.54. The fourth-order valence-corrected chi connectivity index (χ4v) is 1.72. The smallest absolute Gasteiger partial charge is 0.133 e. The molecule has 18 heavy (non-hydrogen) atoms. The van der Waals surface area contributed by atoms with E-state index in [4.69, 9.17) is 13.9 Å². The second-order valence-corrected chi connectivity index (χ2v) is 4.69. The largest absolute Gasteiger partial charge is 0.467 e. The zero-order chi connectivity index (χ0) is 12.6. The summed E-state index contributed by atoms with van der Waals surface area (Å²) in [5.41, 5.74) is 1.20. The number of rotatable bonds is 10. The highest BCUT2D eigenvalue weighted by Gasteiger charge is 2.20. The average molecular weight is 253 g/mol. The van der Waals surface area contributed by atoms with Gasteiger partial charge in [-0.2, -0.15) is 0 Å². The Balaban J connectivity index is 1.60. The molecule has 1 saturated carbocycles. The van der Waals surface area contributed by atoms with Crippen molar-refractivity contribution in [2.24, 2.45) is 0 Å². The highest BCUT2D eigenvalue weighted by molar-refractivity contribution is 5.16. The van der Waals surface area contributed by atoms with Crippen LogP contribution in [0, 0.1) is 0 Å². The van der Waals surface area contributed by atoms with E-state index in [1.165, 1.54) is 18.4 Å². The van der Waals surface area contributed by atoms with Gasteiger partial charge in [-0.3, -0.25) is 0 Å². The molecule has 1 N–H and O–H groups in total. The van der Waals surface area contributed by atoms with Crippen LogP contribution < -0.4 is 5.32 Å². The monoisotopic (exact) mass is 253 g/mol. The lowest BCUT2D eigenvalue weighted by atomic mass is 10.2. The predicted molar refractivity (Wildman–Crippen MR) is 69.3 cm³/mol. The molecule has 0 aliphatic heterocycles. The zero-order valence-electron chi connectivity index (χ0n) is 11.1. The minimum Gasteiger partial charge on any atom is -0.467 e. The van der Waals surface area contributed by atoms with Crippen molar-refractivity contribution in [2.45, 2.75) is 45.4 Å². The van der Waals surface area contributed by atoms with Crippen molar-refractivity contribution >= 4 is 0 Å². The lowest BCUT2D eigenvalue weighted by Gasteiger charge is -2.06. The van der Waals surface area contributed by atoms with Crippen molar-refractivity contribution in [2.75, 3.05) is 19.8 Å². The first kappa shape index (κ1) is 13.6. The molecule has 0 unspecified atom stereocenters. The van der Waals surface area contributed by atoms with Crippen LogP contribution in [0.2, 0.25) is 0 Å². The first-order chi connectivity index (χ1) is 8.90. The Bertz CT molecular complexity index is 334. The fraction of sp³-hybridized carbons (Fsp3) is 0.714. The van der Waals surface area contributed by atoms with Crippen molar-refractivity contribution in [1.82, 2.24) is 5.32 Å². The van der Waals surface area contributed by atoms with E-state index >= 15 is 0 Å². The van der Waals surface area contributed by atoms with Crippen LogP contribution in [0.5, 0.6) is 0 Å². The minimum atomic E-state index is 0.532. The summed E-state index contributed by atoms with van der Waals surface area (Å²) in [5, 5.41) is 3.48. The molecule has 1 aromatic rings. The normalized spacial score (nSPS) is 15.2. The molecule has 0 saturated heterocycles. The Kier molecular flexibility index (Phi) is 5.71. The number of hydrogen-bond acceptors (Lipinski definition) is 4. The molecule has 1 heterocycles. The molecule has 0 spiro atoms. The summed E-state index contributed by atoms with van der Waals surface area (Å²) >= 11 is 0. The van der Waals surface area contributed by atoms with Crippen LogP contribution in [-0.2, 0) is 22.6 Å². The van der Waals surface area contributed by atoms with Gasteiger partial charge in [0.1, 0.15) is 12.4 Å². The van der Waals surface area contributed by atoms with E-state index < -0.39 is 0 Å². The Labute approximate surface area is 109 Å². The molecule has 1 aliphatic rings. The van der Waals surface area contributed by atoms with Gasteiger partial charge in [0.25, 0.3) is 0 Å². The van der Waals surface area contributed by atoms with Gasteiger partial charge in [-0.25, -0.2) is 0 Å². The van der Waals surface area contributed by atoms with E-state index in [9.17, 15) is 0 Å².